The molecule has 0 aliphatic heterocycles. The number of amides is 1. The number of halogens is 4. The smallest absolute Gasteiger partial charge is 0.253 e. The molecule has 21 heavy (non-hydrogen) atoms. The molecule has 0 radical (unpaired) electrons. The maximum Gasteiger partial charge on any atom is 0.253 e. The predicted molar refractivity (Wildman–Crippen MR) is 86.3 cm³/mol. The van der Waals surface area contributed by atoms with Crippen LogP contribution in [0.2, 0.25) is 5.02 Å². The summed E-state index contributed by atoms with van der Waals surface area (Å²) in [6.07, 6.45) is 0. The van der Waals surface area contributed by atoms with Gasteiger partial charge in [0.05, 0.1) is 5.02 Å². The van der Waals surface area contributed by atoms with E-state index in [1.165, 1.54) is 17.0 Å². The molecule has 0 N–H and O–H groups in total. The molecule has 0 fully saturated rings. The molecule has 0 unspecified atom stereocenters. The number of hydrogen-bond donors (Lipinski definition) is 0. The van der Waals surface area contributed by atoms with Crippen molar-refractivity contribution in [3.63, 3.8) is 0 Å². The second kappa shape index (κ2) is 6.70. The van der Waals surface area contributed by atoms with Gasteiger partial charge in [-0.15, -0.1) is 0 Å². The van der Waals surface area contributed by atoms with Crippen LogP contribution in [0.5, 0.6) is 0 Å². The van der Waals surface area contributed by atoms with Crippen LogP contribution >= 0.6 is 34.2 Å². The van der Waals surface area contributed by atoms with E-state index in [9.17, 15) is 13.6 Å². The van der Waals surface area contributed by atoms with Crippen molar-refractivity contribution >= 4 is 40.1 Å². The van der Waals surface area contributed by atoms with Crippen molar-refractivity contribution in [3.8, 4) is 0 Å². The van der Waals surface area contributed by atoms with Gasteiger partial charge in [0.15, 0.2) is 0 Å². The van der Waals surface area contributed by atoms with Gasteiger partial charge in [-0.25, -0.2) is 8.78 Å². The van der Waals surface area contributed by atoms with Crippen LogP contribution in [-0.2, 0) is 6.54 Å². The Hall–Kier alpha value is -1.21. The lowest BCUT2D eigenvalue weighted by Gasteiger charge is -2.18. The predicted octanol–water partition coefficient (Wildman–Crippen LogP) is 4.50. The zero-order valence-corrected chi connectivity index (χ0v) is 14.0. The van der Waals surface area contributed by atoms with Crippen LogP contribution in [-0.4, -0.2) is 17.9 Å². The van der Waals surface area contributed by atoms with Crippen molar-refractivity contribution < 1.29 is 13.6 Å². The zero-order chi connectivity index (χ0) is 15.6. The van der Waals surface area contributed by atoms with Crippen molar-refractivity contribution in [2.45, 2.75) is 6.54 Å². The highest BCUT2D eigenvalue weighted by molar-refractivity contribution is 14.1. The maximum atomic E-state index is 13.6. The molecule has 0 spiro atoms. The highest BCUT2D eigenvalue weighted by atomic mass is 127. The van der Waals surface area contributed by atoms with Crippen molar-refractivity contribution in [2.75, 3.05) is 7.05 Å². The number of hydrogen-bond acceptors (Lipinski definition) is 1. The molecule has 2 nitrogen and oxygen atoms in total. The van der Waals surface area contributed by atoms with Crippen molar-refractivity contribution in [1.29, 1.82) is 0 Å². The molecule has 0 heterocycles. The molecule has 1 amide bonds. The van der Waals surface area contributed by atoms with Gasteiger partial charge >= 0.3 is 0 Å². The van der Waals surface area contributed by atoms with Crippen LogP contribution in [0, 0.1) is 15.2 Å². The lowest BCUT2D eigenvalue weighted by molar-refractivity contribution is 0.0784. The van der Waals surface area contributed by atoms with E-state index in [4.69, 9.17) is 11.6 Å². The first-order chi connectivity index (χ1) is 9.88. The third-order valence-electron chi connectivity index (χ3n) is 2.94. The number of rotatable bonds is 3. The van der Waals surface area contributed by atoms with Gasteiger partial charge < -0.3 is 4.90 Å². The van der Waals surface area contributed by atoms with Gasteiger partial charge in [-0.05, 0) is 46.9 Å². The number of carbonyl (C=O) groups is 1. The average molecular weight is 422 g/mol. The second-order valence-electron chi connectivity index (χ2n) is 4.53. The Bertz CT molecular complexity index is 693. The molecule has 2 aromatic rings. The minimum atomic E-state index is -0.671. The SMILES string of the molecule is CN(Cc1ccc(F)cc1F)C(=O)c1ccc(I)c(Cl)c1. The Kier molecular flexibility index (Phi) is 5.16. The fourth-order valence-electron chi connectivity index (χ4n) is 1.83. The molecule has 0 bridgehead atoms. The summed E-state index contributed by atoms with van der Waals surface area (Å²) in [6, 6.07) is 8.27. The van der Waals surface area contributed by atoms with Crippen molar-refractivity contribution in [1.82, 2.24) is 4.90 Å². The monoisotopic (exact) mass is 421 g/mol. The van der Waals surface area contributed by atoms with Gasteiger partial charge in [0, 0.05) is 34.4 Å². The van der Waals surface area contributed by atoms with E-state index >= 15 is 0 Å². The largest absolute Gasteiger partial charge is 0.337 e. The fraction of sp³-hybridized carbons (Fsp3) is 0.133. The summed E-state index contributed by atoms with van der Waals surface area (Å²) in [5.74, 6) is -1.60. The molecule has 2 aromatic carbocycles. The summed E-state index contributed by atoms with van der Waals surface area (Å²) < 4.78 is 27.3. The van der Waals surface area contributed by atoms with Gasteiger partial charge in [0.2, 0.25) is 0 Å². The molecule has 0 saturated carbocycles. The average Bonchev–Trinajstić information content (AvgIpc) is 2.44. The quantitative estimate of drug-likeness (QED) is 0.669. The standard InChI is InChI=1S/C15H11ClF2INO/c1-20(8-10-2-4-11(17)7-13(10)18)15(21)9-3-5-14(19)12(16)6-9/h2-7H,8H2,1H3. The Balaban J connectivity index is 2.17. The Labute approximate surface area is 139 Å². The molecule has 0 saturated heterocycles. The zero-order valence-electron chi connectivity index (χ0n) is 11.0. The lowest BCUT2D eigenvalue weighted by Crippen LogP contribution is -2.26. The molecular weight excluding hydrogens is 411 g/mol. The number of carbonyl (C=O) groups excluding carboxylic acids is 1. The van der Waals surface area contributed by atoms with E-state index in [2.05, 4.69) is 22.6 Å². The molecule has 6 heteroatoms. The van der Waals surface area contributed by atoms with Crippen LogP contribution in [0.1, 0.15) is 15.9 Å². The highest BCUT2D eigenvalue weighted by Gasteiger charge is 2.15. The first-order valence-corrected chi connectivity index (χ1v) is 7.48. The van der Waals surface area contributed by atoms with Crippen LogP contribution in [0.15, 0.2) is 36.4 Å². The normalized spacial score (nSPS) is 10.5. The number of benzene rings is 2. The minimum absolute atomic E-state index is 0.0502. The van der Waals surface area contributed by atoms with Gasteiger partial charge in [-0.2, -0.15) is 0 Å². The van der Waals surface area contributed by atoms with Crippen LogP contribution < -0.4 is 0 Å². The molecule has 0 aromatic heterocycles. The maximum absolute atomic E-state index is 13.6. The topological polar surface area (TPSA) is 20.3 Å². The lowest BCUT2D eigenvalue weighted by atomic mass is 10.1. The van der Waals surface area contributed by atoms with E-state index in [0.29, 0.717) is 10.6 Å². The van der Waals surface area contributed by atoms with E-state index in [1.807, 2.05) is 0 Å². The van der Waals surface area contributed by atoms with Crippen LogP contribution in [0.3, 0.4) is 0 Å². The van der Waals surface area contributed by atoms with Gasteiger partial charge in [-0.1, -0.05) is 17.7 Å². The number of nitrogens with zero attached hydrogens (tertiary/aromatic N) is 1. The third kappa shape index (κ3) is 3.91. The van der Waals surface area contributed by atoms with E-state index in [-0.39, 0.29) is 18.0 Å². The van der Waals surface area contributed by atoms with Crippen LogP contribution in [0.4, 0.5) is 8.78 Å². The molecule has 110 valence electrons. The summed E-state index contributed by atoms with van der Waals surface area (Å²) in [7, 11) is 1.55. The van der Waals surface area contributed by atoms with Crippen molar-refractivity contribution in [2.24, 2.45) is 0 Å². The summed E-state index contributed by atoms with van der Waals surface area (Å²) in [5, 5.41) is 0.489. The molecule has 0 aliphatic carbocycles. The van der Waals surface area contributed by atoms with Gasteiger partial charge in [0.1, 0.15) is 11.6 Å². The van der Waals surface area contributed by atoms with Gasteiger partial charge in [0.25, 0.3) is 5.91 Å². The van der Waals surface area contributed by atoms with Crippen molar-refractivity contribution in [3.05, 3.63) is 67.8 Å². The van der Waals surface area contributed by atoms with E-state index in [0.717, 1.165) is 9.64 Å². The summed E-state index contributed by atoms with van der Waals surface area (Å²) in [5.41, 5.74) is 0.675. The molecule has 2 rings (SSSR count). The summed E-state index contributed by atoms with van der Waals surface area (Å²) in [6.45, 7) is 0.0502. The molecule has 0 atom stereocenters. The molecule has 0 aliphatic rings. The Morgan fingerprint density at radius 3 is 2.57 bits per heavy atom. The first kappa shape index (κ1) is 16.2. The Morgan fingerprint density at radius 1 is 1.24 bits per heavy atom. The summed E-state index contributed by atoms with van der Waals surface area (Å²) >= 11 is 8.05. The first-order valence-electron chi connectivity index (χ1n) is 6.03. The fourth-order valence-corrected chi connectivity index (χ4v) is 2.34. The second-order valence-corrected chi connectivity index (χ2v) is 6.10. The minimum Gasteiger partial charge on any atom is -0.337 e. The Morgan fingerprint density at radius 2 is 1.95 bits per heavy atom. The van der Waals surface area contributed by atoms with Gasteiger partial charge in [-0.3, -0.25) is 4.79 Å². The third-order valence-corrected chi connectivity index (χ3v) is 4.51. The van der Waals surface area contributed by atoms with Crippen LogP contribution in [0.25, 0.3) is 0 Å². The summed E-state index contributed by atoms with van der Waals surface area (Å²) in [4.78, 5) is 13.6. The highest BCUT2D eigenvalue weighted by Crippen LogP contribution is 2.21. The van der Waals surface area contributed by atoms with E-state index in [1.54, 1.807) is 25.2 Å². The molecular formula is C15H11ClF2INO. The van der Waals surface area contributed by atoms with E-state index < -0.39 is 11.6 Å².